The highest BCUT2D eigenvalue weighted by Gasteiger charge is 2.47. The minimum Gasteiger partial charge on any atom is -0.303 e. The van der Waals surface area contributed by atoms with Gasteiger partial charge in [0.2, 0.25) is 0 Å². The molecule has 1 aliphatic heterocycles. The molecule has 0 amide bonds. The summed E-state index contributed by atoms with van der Waals surface area (Å²) >= 11 is 1.96. The van der Waals surface area contributed by atoms with Crippen LogP contribution < -0.4 is 0 Å². The molecule has 3 rings (SSSR count). The number of hydrogen-bond acceptors (Lipinski definition) is 2. The number of piperidine rings is 1. The summed E-state index contributed by atoms with van der Waals surface area (Å²) in [5, 5.41) is 2.28. The maximum atomic E-state index is 2.56. The Morgan fingerprint density at radius 2 is 2.33 bits per heavy atom. The number of likely N-dealkylation sites (tertiary alicyclic amines) is 1. The molecule has 1 fully saturated rings. The van der Waals surface area contributed by atoms with Gasteiger partial charge in [-0.05, 0) is 54.8 Å². The van der Waals surface area contributed by atoms with Crippen LogP contribution in [-0.4, -0.2) is 24.5 Å². The van der Waals surface area contributed by atoms with E-state index < -0.39 is 0 Å². The predicted octanol–water partition coefficient (Wildman–Crippen LogP) is 2.90. The van der Waals surface area contributed by atoms with E-state index in [0.29, 0.717) is 5.41 Å². The van der Waals surface area contributed by atoms with Gasteiger partial charge >= 0.3 is 0 Å². The van der Waals surface area contributed by atoms with Gasteiger partial charge < -0.3 is 4.90 Å². The second-order valence-electron chi connectivity index (χ2n) is 5.47. The minimum atomic E-state index is 0.449. The van der Waals surface area contributed by atoms with E-state index >= 15 is 0 Å². The van der Waals surface area contributed by atoms with Crippen LogP contribution in [0.4, 0.5) is 0 Å². The van der Waals surface area contributed by atoms with E-state index in [0.717, 1.165) is 12.0 Å². The third-order valence-corrected chi connectivity index (χ3v) is 5.83. The number of hydrogen-bond donors (Lipinski definition) is 0. The lowest BCUT2D eigenvalue weighted by Crippen LogP contribution is -2.56. The predicted molar refractivity (Wildman–Crippen MR) is 65.6 cm³/mol. The molecule has 0 saturated carbocycles. The molecule has 2 heteroatoms. The monoisotopic (exact) mass is 221 g/mol. The van der Waals surface area contributed by atoms with Gasteiger partial charge in [0.1, 0.15) is 0 Å². The quantitative estimate of drug-likeness (QED) is 0.651. The number of rotatable bonds is 0. The first kappa shape index (κ1) is 9.86. The Morgan fingerprint density at radius 1 is 1.53 bits per heavy atom. The van der Waals surface area contributed by atoms with E-state index in [1.54, 1.807) is 10.4 Å². The summed E-state index contributed by atoms with van der Waals surface area (Å²) in [4.78, 5) is 4.21. The molecule has 1 saturated heterocycles. The van der Waals surface area contributed by atoms with E-state index in [4.69, 9.17) is 0 Å². The summed E-state index contributed by atoms with van der Waals surface area (Å²) in [6.07, 6.45) is 2.60. The highest BCUT2D eigenvalue weighted by molar-refractivity contribution is 7.10. The zero-order valence-electron chi connectivity index (χ0n) is 9.79. The van der Waals surface area contributed by atoms with Crippen molar-refractivity contribution in [3.05, 3.63) is 21.9 Å². The summed E-state index contributed by atoms with van der Waals surface area (Å²) < 4.78 is 0. The van der Waals surface area contributed by atoms with E-state index in [1.807, 2.05) is 11.3 Å². The normalized spacial score (nSPS) is 40.2. The van der Waals surface area contributed by atoms with Gasteiger partial charge in [-0.3, -0.25) is 0 Å². The first-order valence-corrected chi connectivity index (χ1v) is 6.78. The Balaban J connectivity index is 2.13. The van der Waals surface area contributed by atoms with Crippen molar-refractivity contribution in [1.82, 2.24) is 4.90 Å². The maximum Gasteiger partial charge on any atom is 0.0175 e. The van der Waals surface area contributed by atoms with Crippen LogP contribution in [0.5, 0.6) is 0 Å². The van der Waals surface area contributed by atoms with Crippen molar-refractivity contribution < 1.29 is 0 Å². The standard InChI is InChI=1S/C13H19NS/c1-9-11-8-12-10(4-7-15-12)13(9,2)5-6-14(11)3/h4,7,9,11H,5-6,8H2,1-3H3/t9-,11?,13+/m0/s1. The van der Waals surface area contributed by atoms with E-state index in [2.05, 4.69) is 37.2 Å². The van der Waals surface area contributed by atoms with Gasteiger partial charge in [-0.2, -0.15) is 0 Å². The van der Waals surface area contributed by atoms with Gasteiger partial charge in [0, 0.05) is 10.9 Å². The first-order chi connectivity index (χ1) is 7.13. The van der Waals surface area contributed by atoms with Gasteiger partial charge in [0.15, 0.2) is 0 Å². The van der Waals surface area contributed by atoms with Crippen molar-refractivity contribution in [3.8, 4) is 0 Å². The summed E-state index contributed by atoms with van der Waals surface area (Å²) in [5.41, 5.74) is 2.11. The minimum absolute atomic E-state index is 0.449. The zero-order chi connectivity index (χ0) is 10.6. The zero-order valence-corrected chi connectivity index (χ0v) is 10.6. The van der Waals surface area contributed by atoms with Crippen LogP contribution in [0.1, 0.15) is 30.7 Å². The highest BCUT2D eigenvalue weighted by atomic mass is 32.1. The summed E-state index contributed by atoms with van der Waals surface area (Å²) in [6.45, 7) is 6.18. The average Bonchev–Trinajstić information content (AvgIpc) is 2.66. The van der Waals surface area contributed by atoms with E-state index in [9.17, 15) is 0 Å². The number of likely N-dealkylation sites (N-methyl/N-ethyl adjacent to an activating group) is 1. The Labute approximate surface area is 96.1 Å². The first-order valence-electron chi connectivity index (χ1n) is 5.90. The molecular weight excluding hydrogens is 202 g/mol. The molecule has 1 aliphatic carbocycles. The van der Waals surface area contributed by atoms with Crippen LogP contribution in [0.2, 0.25) is 0 Å². The molecule has 3 atom stereocenters. The molecule has 0 spiro atoms. The van der Waals surface area contributed by atoms with Crippen LogP contribution in [0, 0.1) is 5.92 Å². The molecule has 82 valence electrons. The van der Waals surface area contributed by atoms with Crippen molar-refractivity contribution in [3.63, 3.8) is 0 Å². The highest BCUT2D eigenvalue weighted by Crippen LogP contribution is 2.49. The summed E-state index contributed by atoms with van der Waals surface area (Å²) in [7, 11) is 2.29. The summed E-state index contributed by atoms with van der Waals surface area (Å²) in [5.74, 6) is 0.804. The van der Waals surface area contributed by atoms with Crippen molar-refractivity contribution >= 4 is 11.3 Å². The van der Waals surface area contributed by atoms with Crippen molar-refractivity contribution in [2.75, 3.05) is 13.6 Å². The van der Waals surface area contributed by atoms with Crippen molar-refractivity contribution in [1.29, 1.82) is 0 Å². The Kier molecular flexibility index (Phi) is 2.02. The van der Waals surface area contributed by atoms with Gasteiger partial charge in [0.05, 0.1) is 0 Å². The third kappa shape index (κ3) is 1.18. The van der Waals surface area contributed by atoms with E-state index in [-0.39, 0.29) is 0 Å². The Morgan fingerprint density at radius 3 is 3.13 bits per heavy atom. The molecule has 0 aromatic carbocycles. The number of nitrogens with zero attached hydrogens (tertiary/aromatic N) is 1. The fraction of sp³-hybridized carbons (Fsp3) is 0.692. The molecule has 15 heavy (non-hydrogen) atoms. The lowest BCUT2D eigenvalue weighted by molar-refractivity contribution is 0.0521. The van der Waals surface area contributed by atoms with Crippen LogP contribution >= 0.6 is 11.3 Å². The number of fused-ring (bicyclic) bond motifs is 4. The fourth-order valence-corrected chi connectivity index (χ4v) is 4.58. The lowest BCUT2D eigenvalue weighted by Gasteiger charge is -2.52. The van der Waals surface area contributed by atoms with Crippen LogP contribution in [0.15, 0.2) is 11.4 Å². The molecule has 2 bridgehead atoms. The fourth-order valence-electron chi connectivity index (χ4n) is 3.52. The van der Waals surface area contributed by atoms with Crippen molar-refractivity contribution in [2.24, 2.45) is 5.92 Å². The third-order valence-electron chi connectivity index (χ3n) is 4.89. The van der Waals surface area contributed by atoms with Gasteiger partial charge in [0.25, 0.3) is 0 Å². The average molecular weight is 221 g/mol. The van der Waals surface area contributed by atoms with Crippen LogP contribution in [0.3, 0.4) is 0 Å². The largest absolute Gasteiger partial charge is 0.303 e. The molecule has 0 radical (unpaired) electrons. The van der Waals surface area contributed by atoms with Gasteiger partial charge in [-0.15, -0.1) is 11.3 Å². The summed E-state index contributed by atoms with van der Waals surface area (Å²) in [6, 6.07) is 3.15. The Hall–Kier alpha value is -0.340. The Bertz CT molecular complexity index is 384. The molecule has 0 N–H and O–H groups in total. The molecule has 1 nitrogen and oxygen atoms in total. The smallest absolute Gasteiger partial charge is 0.0175 e. The van der Waals surface area contributed by atoms with Crippen LogP contribution in [-0.2, 0) is 11.8 Å². The topological polar surface area (TPSA) is 3.24 Å². The molecule has 1 unspecified atom stereocenters. The molecule has 2 heterocycles. The maximum absolute atomic E-state index is 2.56. The molecule has 1 aromatic heterocycles. The molecular formula is C13H19NS. The van der Waals surface area contributed by atoms with E-state index in [1.165, 1.54) is 19.4 Å². The second-order valence-corrected chi connectivity index (χ2v) is 6.47. The molecule has 1 aromatic rings. The van der Waals surface area contributed by atoms with Gasteiger partial charge in [-0.1, -0.05) is 13.8 Å². The lowest BCUT2D eigenvalue weighted by atomic mass is 9.61. The number of thiophene rings is 1. The molecule has 2 aliphatic rings. The van der Waals surface area contributed by atoms with Crippen LogP contribution in [0.25, 0.3) is 0 Å². The van der Waals surface area contributed by atoms with Gasteiger partial charge in [-0.25, -0.2) is 0 Å². The van der Waals surface area contributed by atoms with Crippen molar-refractivity contribution in [2.45, 2.75) is 38.1 Å². The second kappa shape index (κ2) is 3.08. The SMILES string of the molecule is C[C@H]1C2Cc3sccc3[C@]1(C)CCN2C.